The van der Waals surface area contributed by atoms with Gasteiger partial charge in [0.05, 0.1) is 0 Å². The highest BCUT2D eigenvalue weighted by atomic mass is 33.1. The van der Waals surface area contributed by atoms with Crippen molar-refractivity contribution in [3.8, 4) is 0 Å². The molecule has 6 heteroatoms. The maximum atomic E-state index is 5.42. The van der Waals surface area contributed by atoms with Crippen molar-refractivity contribution in [1.82, 2.24) is 9.80 Å². The van der Waals surface area contributed by atoms with E-state index < -0.39 is 0 Å². The summed E-state index contributed by atoms with van der Waals surface area (Å²) in [6, 6.07) is 0.849. The Balaban J connectivity index is 4.28. The molecule has 0 saturated carbocycles. The third-order valence-corrected chi connectivity index (χ3v) is 5.72. The SMILES string of the molecule is CC(C)N(C(=S)SSC(=S)N(C)C)C(C)C. The first-order chi connectivity index (χ1) is 7.27. The summed E-state index contributed by atoms with van der Waals surface area (Å²) in [5.74, 6) is 0. The molecule has 0 bridgehead atoms. The van der Waals surface area contributed by atoms with E-state index >= 15 is 0 Å². The maximum absolute atomic E-state index is 5.42. The number of hydrogen-bond acceptors (Lipinski definition) is 4. The van der Waals surface area contributed by atoms with Gasteiger partial charge in [0.2, 0.25) is 0 Å². The largest absolute Gasteiger partial charge is 0.363 e. The molecule has 0 aliphatic carbocycles. The van der Waals surface area contributed by atoms with Crippen LogP contribution in [-0.4, -0.2) is 44.6 Å². The average molecular weight is 297 g/mol. The number of thiocarbonyl (C=S) groups is 2. The van der Waals surface area contributed by atoms with Gasteiger partial charge in [0.1, 0.15) is 8.64 Å². The average Bonchev–Trinajstić information content (AvgIpc) is 2.12. The number of nitrogens with zero attached hydrogens (tertiary/aromatic N) is 2. The van der Waals surface area contributed by atoms with Gasteiger partial charge >= 0.3 is 0 Å². The van der Waals surface area contributed by atoms with Crippen molar-refractivity contribution in [2.45, 2.75) is 39.8 Å². The third-order valence-electron chi connectivity index (χ3n) is 1.87. The molecule has 0 atom stereocenters. The molecule has 0 aliphatic rings. The lowest BCUT2D eigenvalue weighted by atomic mass is 10.2. The minimum absolute atomic E-state index is 0.425. The van der Waals surface area contributed by atoms with E-state index in [0.717, 1.165) is 8.64 Å². The quantitative estimate of drug-likeness (QED) is 0.563. The molecule has 0 fully saturated rings. The summed E-state index contributed by atoms with van der Waals surface area (Å²) in [4.78, 5) is 4.15. The normalized spacial score (nSPS) is 10.8. The lowest BCUT2D eigenvalue weighted by molar-refractivity contribution is 0.303. The van der Waals surface area contributed by atoms with E-state index in [4.69, 9.17) is 24.4 Å². The van der Waals surface area contributed by atoms with Crippen LogP contribution in [0.4, 0.5) is 0 Å². The van der Waals surface area contributed by atoms with Gasteiger partial charge in [0.15, 0.2) is 0 Å². The van der Waals surface area contributed by atoms with E-state index in [2.05, 4.69) is 32.6 Å². The van der Waals surface area contributed by atoms with Crippen LogP contribution < -0.4 is 0 Å². The summed E-state index contributed by atoms with van der Waals surface area (Å²) in [6.45, 7) is 8.62. The number of hydrogen-bond donors (Lipinski definition) is 0. The van der Waals surface area contributed by atoms with Crippen molar-refractivity contribution in [3.05, 3.63) is 0 Å². The van der Waals surface area contributed by atoms with Crippen molar-refractivity contribution in [2.75, 3.05) is 14.1 Å². The Hall–Kier alpha value is 0.480. The lowest BCUT2D eigenvalue weighted by Gasteiger charge is -2.32. The van der Waals surface area contributed by atoms with Gasteiger partial charge in [0.25, 0.3) is 0 Å². The minimum Gasteiger partial charge on any atom is -0.363 e. The Morgan fingerprint density at radius 3 is 1.56 bits per heavy atom. The molecule has 0 aromatic rings. The summed E-state index contributed by atoms with van der Waals surface area (Å²) < 4.78 is 1.75. The van der Waals surface area contributed by atoms with Gasteiger partial charge < -0.3 is 9.80 Å². The van der Waals surface area contributed by atoms with Crippen LogP contribution in [0.5, 0.6) is 0 Å². The van der Waals surface area contributed by atoms with Crippen LogP contribution in [0.3, 0.4) is 0 Å². The molecule has 2 nitrogen and oxygen atoms in total. The molecule has 0 aromatic carbocycles. The summed E-state index contributed by atoms with van der Waals surface area (Å²) in [7, 11) is 7.01. The Labute approximate surface area is 118 Å². The second-order valence-corrected chi connectivity index (χ2v) is 7.58. The molecule has 0 radical (unpaired) electrons. The van der Waals surface area contributed by atoms with Crippen molar-refractivity contribution >= 4 is 54.7 Å². The van der Waals surface area contributed by atoms with Crippen molar-refractivity contribution < 1.29 is 0 Å². The molecule has 0 aliphatic heterocycles. The Bertz CT molecular complexity index is 243. The Kier molecular flexibility index (Phi) is 7.97. The number of rotatable bonds is 2. The van der Waals surface area contributed by atoms with Gasteiger partial charge in [-0.3, -0.25) is 0 Å². The smallest absolute Gasteiger partial charge is 0.147 e. The molecule has 0 heterocycles. The zero-order valence-corrected chi connectivity index (χ0v) is 13.9. The highest BCUT2D eigenvalue weighted by Gasteiger charge is 2.18. The van der Waals surface area contributed by atoms with Crippen molar-refractivity contribution in [1.29, 1.82) is 0 Å². The summed E-state index contributed by atoms with van der Waals surface area (Å²) >= 11 is 10.6. The molecular formula is C10H20N2S4. The van der Waals surface area contributed by atoms with Crippen molar-refractivity contribution in [2.24, 2.45) is 0 Å². The third kappa shape index (κ3) is 5.70. The monoisotopic (exact) mass is 296 g/mol. The highest BCUT2D eigenvalue weighted by Crippen LogP contribution is 2.29. The first-order valence-electron chi connectivity index (χ1n) is 5.15. The van der Waals surface area contributed by atoms with Gasteiger partial charge in [-0.15, -0.1) is 0 Å². The fourth-order valence-electron chi connectivity index (χ4n) is 1.21. The van der Waals surface area contributed by atoms with E-state index in [1.54, 1.807) is 21.6 Å². The summed E-state index contributed by atoms with van der Waals surface area (Å²) in [6.07, 6.45) is 0. The first-order valence-corrected chi connectivity index (χ1v) is 8.12. The predicted molar refractivity (Wildman–Crippen MR) is 86.2 cm³/mol. The molecule has 94 valence electrons. The zero-order chi connectivity index (χ0) is 12.9. The Morgan fingerprint density at radius 2 is 1.25 bits per heavy atom. The molecule has 0 N–H and O–H groups in total. The van der Waals surface area contributed by atoms with Gasteiger partial charge in [-0.1, -0.05) is 24.4 Å². The molecule has 0 amide bonds. The van der Waals surface area contributed by atoms with E-state index in [-0.39, 0.29) is 0 Å². The van der Waals surface area contributed by atoms with E-state index in [1.807, 2.05) is 19.0 Å². The second-order valence-electron chi connectivity index (χ2n) is 4.19. The van der Waals surface area contributed by atoms with Crippen LogP contribution in [0, 0.1) is 0 Å². The van der Waals surface area contributed by atoms with Gasteiger partial charge in [-0.05, 0) is 49.3 Å². The summed E-state index contributed by atoms with van der Waals surface area (Å²) in [5, 5.41) is 0. The minimum atomic E-state index is 0.425. The molecule has 0 saturated heterocycles. The molecule has 0 aromatic heterocycles. The lowest BCUT2D eigenvalue weighted by Crippen LogP contribution is -2.39. The van der Waals surface area contributed by atoms with Crippen LogP contribution in [0.25, 0.3) is 0 Å². The standard InChI is InChI=1S/C10H20N2S4/c1-7(2)12(8(3)4)10(14)16-15-9(13)11(5)6/h7-8H,1-6H3. The first kappa shape index (κ1) is 16.5. The topological polar surface area (TPSA) is 6.48 Å². The predicted octanol–water partition coefficient (Wildman–Crippen LogP) is 3.62. The van der Waals surface area contributed by atoms with Crippen LogP contribution >= 0.6 is 46.0 Å². The van der Waals surface area contributed by atoms with E-state index in [0.29, 0.717) is 12.1 Å². The zero-order valence-electron chi connectivity index (χ0n) is 10.7. The van der Waals surface area contributed by atoms with Crippen LogP contribution in [0.15, 0.2) is 0 Å². The van der Waals surface area contributed by atoms with Gasteiger partial charge in [-0.25, -0.2) is 0 Å². The molecule has 0 spiro atoms. The maximum Gasteiger partial charge on any atom is 0.147 e. The van der Waals surface area contributed by atoms with Crippen LogP contribution in [-0.2, 0) is 0 Å². The fourth-order valence-corrected chi connectivity index (χ4v) is 4.17. The molecule has 16 heavy (non-hydrogen) atoms. The van der Waals surface area contributed by atoms with E-state index in [9.17, 15) is 0 Å². The van der Waals surface area contributed by atoms with Gasteiger partial charge in [0, 0.05) is 26.2 Å². The van der Waals surface area contributed by atoms with Crippen LogP contribution in [0.1, 0.15) is 27.7 Å². The highest BCUT2D eigenvalue weighted by molar-refractivity contribution is 8.89. The van der Waals surface area contributed by atoms with E-state index in [1.165, 1.54) is 0 Å². The molecule has 0 unspecified atom stereocenters. The van der Waals surface area contributed by atoms with Crippen LogP contribution in [0.2, 0.25) is 0 Å². The second kappa shape index (κ2) is 7.74. The summed E-state index contributed by atoms with van der Waals surface area (Å²) in [5.41, 5.74) is 0. The Morgan fingerprint density at radius 1 is 0.875 bits per heavy atom. The molecular weight excluding hydrogens is 276 g/mol. The van der Waals surface area contributed by atoms with Gasteiger partial charge in [-0.2, -0.15) is 0 Å². The fraction of sp³-hybridized carbons (Fsp3) is 0.800. The van der Waals surface area contributed by atoms with Crippen molar-refractivity contribution in [3.63, 3.8) is 0 Å². The molecule has 0 rings (SSSR count).